The van der Waals surface area contributed by atoms with Gasteiger partial charge in [-0.1, -0.05) is 25.1 Å². The van der Waals surface area contributed by atoms with E-state index in [-0.39, 0.29) is 0 Å². The Labute approximate surface area is 106 Å². The van der Waals surface area contributed by atoms with Gasteiger partial charge in [-0.15, -0.1) is 0 Å². The highest BCUT2D eigenvalue weighted by molar-refractivity contribution is 8.55. The molecule has 0 heterocycles. The normalized spacial score (nSPS) is 15.4. The standard InChI is InChI=1S/C11H17N2O2PS/c1-3-9-17-16(14,15)13-10(2)12-11-7-5-4-6-8-11/h4-8H,3,9H2,1-2H3,(H2,12,13,14,15). The lowest BCUT2D eigenvalue weighted by Crippen LogP contribution is -2.06. The smallest absolute Gasteiger partial charge is 0.344 e. The Morgan fingerprint density at radius 1 is 1.47 bits per heavy atom. The number of amidine groups is 1. The maximum Gasteiger partial charge on any atom is 0.370 e. The van der Waals surface area contributed by atoms with Crippen LogP contribution in [-0.2, 0) is 4.57 Å². The molecule has 1 rings (SSSR count). The predicted octanol–water partition coefficient (Wildman–Crippen LogP) is 3.76. The summed E-state index contributed by atoms with van der Waals surface area (Å²) in [6, 6.07) is 9.44. The fourth-order valence-electron chi connectivity index (χ4n) is 1.18. The zero-order chi connectivity index (χ0) is 12.7. The summed E-state index contributed by atoms with van der Waals surface area (Å²) < 4.78 is 15.5. The molecule has 0 aliphatic rings. The van der Waals surface area contributed by atoms with Crippen LogP contribution in [0.5, 0.6) is 0 Å². The lowest BCUT2D eigenvalue weighted by molar-refractivity contribution is 0.499. The average Bonchev–Trinajstić information content (AvgIpc) is 2.27. The Morgan fingerprint density at radius 3 is 2.71 bits per heavy atom. The molecule has 0 saturated heterocycles. The van der Waals surface area contributed by atoms with Crippen molar-refractivity contribution in [3.05, 3.63) is 30.3 Å². The summed E-state index contributed by atoms with van der Waals surface area (Å²) in [5.74, 6) is 1.08. The maximum atomic E-state index is 11.7. The van der Waals surface area contributed by atoms with Crippen LogP contribution in [0.3, 0.4) is 0 Å². The van der Waals surface area contributed by atoms with Crippen molar-refractivity contribution in [1.29, 1.82) is 0 Å². The molecule has 6 heteroatoms. The molecule has 4 nitrogen and oxygen atoms in total. The highest BCUT2D eigenvalue weighted by atomic mass is 32.7. The Balaban J connectivity index is 2.63. The van der Waals surface area contributed by atoms with E-state index in [1.54, 1.807) is 6.92 Å². The summed E-state index contributed by atoms with van der Waals surface area (Å²) in [5, 5.41) is 2.98. The molecule has 1 aromatic rings. The maximum absolute atomic E-state index is 11.7. The van der Waals surface area contributed by atoms with E-state index >= 15 is 0 Å². The number of anilines is 1. The monoisotopic (exact) mass is 272 g/mol. The summed E-state index contributed by atoms with van der Waals surface area (Å²) in [6.45, 7) is 0.187. The van der Waals surface area contributed by atoms with Crippen LogP contribution in [0.2, 0.25) is 0 Å². The predicted molar refractivity (Wildman–Crippen MR) is 75.7 cm³/mol. The molecule has 0 aliphatic heterocycles. The van der Waals surface area contributed by atoms with Crippen molar-refractivity contribution in [1.82, 2.24) is 0 Å². The fourth-order valence-corrected chi connectivity index (χ4v) is 3.89. The number of nitrogens with zero attached hydrogens (tertiary/aromatic N) is 1. The number of benzene rings is 1. The minimum Gasteiger partial charge on any atom is -0.344 e. The first kappa shape index (κ1) is 14.3. The van der Waals surface area contributed by atoms with Crippen LogP contribution in [0.15, 0.2) is 35.1 Å². The van der Waals surface area contributed by atoms with Gasteiger partial charge in [-0.3, -0.25) is 4.57 Å². The second-order valence-electron chi connectivity index (χ2n) is 3.50. The lowest BCUT2D eigenvalue weighted by atomic mass is 10.3. The summed E-state index contributed by atoms with van der Waals surface area (Å²) in [4.78, 5) is 9.59. The first-order valence-corrected chi connectivity index (χ1v) is 8.60. The van der Waals surface area contributed by atoms with Gasteiger partial charge in [-0.05, 0) is 36.9 Å². The zero-order valence-electron chi connectivity index (χ0n) is 9.96. The summed E-state index contributed by atoms with van der Waals surface area (Å²) in [6.07, 6.45) is 0.857. The van der Waals surface area contributed by atoms with Crippen LogP contribution in [0.1, 0.15) is 20.3 Å². The Hall–Kier alpha value is -0.770. The second-order valence-corrected chi connectivity index (χ2v) is 7.55. The number of hydrogen-bond acceptors (Lipinski definition) is 2. The van der Waals surface area contributed by atoms with Crippen LogP contribution in [0, 0.1) is 0 Å². The van der Waals surface area contributed by atoms with Crippen LogP contribution < -0.4 is 5.32 Å². The first-order chi connectivity index (χ1) is 8.03. The van der Waals surface area contributed by atoms with Gasteiger partial charge in [-0.2, -0.15) is 4.76 Å². The minimum absolute atomic E-state index is 0.450. The Morgan fingerprint density at radius 2 is 2.12 bits per heavy atom. The molecule has 1 atom stereocenters. The van der Waals surface area contributed by atoms with Crippen LogP contribution in [0.25, 0.3) is 0 Å². The van der Waals surface area contributed by atoms with Gasteiger partial charge in [0.05, 0.1) is 0 Å². The third-order valence-electron chi connectivity index (χ3n) is 1.84. The van der Waals surface area contributed by atoms with Gasteiger partial charge in [0, 0.05) is 11.4 Å². The third kappa shape index (κ3) is 5.91. The van der Waals surface area contributed by atoms with Crippen molar-refractivity contribution in [2.24, 2.45) is 4.76 Å². The van der Waals surface area contributed by atoms with Gasteiger partial charge < -0.3 is 10.2 Å². The molecule has 1 aromatic carbocycles. The van der Waals surface area contributed by atoms with Gasteiger partial charge >= 0.3 is 6.72 Å². The fraction of sp³-hybridized carbons (Fsp3) is 0.364. The van der Waals surface area contributed by atoms with Gasteiger partial charge in [0.15, 0.2) is 0 Å². The van der Waals surface area contributed by atoms with Crippen molar-refractivity contribution in [2.75, 3.05) is 11.1 Å². The average molecular weight is 272 g/mol. The van der Waals surface area contributed by atoms with E-state index in [0.29, 0.717) is 11.6 Å². The quantitative estimate of drug-likeness (QED) is 0.486. The van der Waals surface area contributed by atoms with Crippen molar-refractivity contribution >= 4 is 29.6 Å². The zero-order valence-corrected chi connectivity index (χ0v) is 11.7. The van der Waals surface area contributed by atoms with Crippen LogP contribution >= 0.6 is 18.1 Å². The van der Waals surface area contributed by atoms with Gasteiger partial charge in [0.1, 0.15) is 5.84 Å². The van der Waals surface area contributed by atoms with E-state index in [2.05, 4.69) is 10.1 Å². The number of hydrogen-bond donors (Lipinski definition) is 2. The van der Waals surface area contributed by atoms with Gasteiger partial charge in [0.2, 0.25) is 0 Å². The van der Waals surface area contributed by atoms with E-state index in [0.717, 1.165) is 23.5 Å². The molecule has 0 saturated carbocycles. The first-order valence-electron chi connectivity index (χ1n) is 5.40. The molecular formula is C11H17N2O2PS. The van der Waals surface area contributed by atoms with E-state index in [4.69, 9.17) is 0 Å². The highest BCUT2D eigenvalue weighted by Crippen LogP contribution is 2.56. The van der Waals surface area contributed by atoms with Crippen molar-refractivity contribution in [2.45, 2.75) is 20.3 Å². The summed E-state index contributed by atoms with van der Waals surface area (Å²) in [7, 11) is 0. The van der Waals surface area contributed by atoms with E-state index in [1.165, 1.54) is 0 Å². The number of para-hydroxylation sites is 1. The molecule has 0 amide bonds. The molecule has 0 aromatic heterocycles. The largest absolute Gasteiger partial charge is 0.370 e. The second kappa shape index (κ2) is 6.84. The molecule has 94 valence electrons. The molecule has 1 unspecified atom stereocenters. The highest BCUT2D eigenvalue weighted by Gasteiger charge is 2.16. The van der Waals surface area contributed by atoms with Crippen molar-refractivity contribution in [3.63, 3.8) is 0 Å². The van der Waals surface area contributed by atoms with E-state index in [1.807, 2.05) is 37.3 Å². The minimum atomic E-state index is -3.46. The number of rotatable bonds is 5. The lowest BCUT2D eigenvalue weighted by Gasteiger charge is -2.08. The Bertz CT molecular complexity index is 423. The SMILES string of the molecule is CCCSP(=O)(O)/N=C(\C)Nc1ccccc1. The Kier molecular flexibility index (Phi) is 5.75. The van der Waals surface area contributed by atoms with Crippen LogP contribution in [0.4, 0.5) is 5.69 Å². The van der Waals surface area contributed by atoms with Crippen molar-refractivity contribution in [3.8, 4) is 0 Å². The van der Waals surface area contributed by atoms with Gasteiger partial charge in [0.25, 0.3) is 0 Å². The molecule has 0 spiro atoms. The van der Waals surface area contributed by atoms with Crippen molar-refractivity contribution < 1.29 is 9.46 Å². The van der Waals surface area contributed by atoms with Gasteiger partial charge in [-0.25, -0.2) is 0 Å². The molecule has 0 aliphatic carbocycles. The number of nitrogens with one attached hydrogen (secondary N) is 1. The summed E-state index contributed by atoms with van der Waals surface area (Å²) >= 11 is 1.00. The molecule has 17 heavy (non-hydrogen) atoms. The molecule has 0 bridgehead atoms. The third-order valence-corrected chi connectivity index (χ3v) is 5.12. The molecule has 0 fully saturated rings. The molecule has 2 N–H and O–H groups in total. The topological polar surface area (TPSA) is 61.7 Å². The van der Waals surface area contributed by atoms with E-state index < -0.39 is 6.72 Å². The molecule has 0 radical (unpaired) electrons. The summed E-state index contributed by atoms with van der Waals surface area (Å²) in [5.41, 5.74) is 0.856. The van der Waals surface area contributed by atoms with Crippen LogP contribution in [-0.4, -0.2) is 16.5 Å². The molecular weight excluding hydrogens is 255 g/mol. The van der Waals surface area contributed by atoms with E-state index in [9.17, 15) is 9.46 Å².